The summed E-state index contributed by atoms with van der Waals surface area (Å²) in [6.45, 7) is 0. The van der Waals surface area contributed by atoms with E-state index in [9.17, 15) is 0 Å². The van der Waals surface area contributed by atoms with Crippen LogP contribution < -0.4 is 0 Å². The summed E-state index contributed by atoms with van der Waals surface area (Å²) < 4.78 is 0. The first-order chi connectivity index (χ1) is 0. The largest absolute Gasteiger partial charge is 4.00 e. The predicted molar refractivity (Wildman–Crippen MR) is 1.37 cm³/mol. The zero-order chi connectivity index (χ0) is 0. The van der Waals surface area contributed by atoms with Crippen molar-refractivity contribution in [1.29, 1.82) is 0 Å². The van der Waals surface area contributed by atoms with Crippen molar-refractivity contribution in [2.45, 2.75) is 0 Å². The molecule has 5 heteroatoms. The van der Waals surface area contributed by atoms with E-state index in [4.69, 9.17) is 0 Å². The molecule has 0 atom stereocenters. The molecule has 0 aromatic rings. The molecule has 0 aromatic heterocycles. The normalized spacial score (nSPS) is 0. The number of hydrogen-bond acceptors (Lipinski definition) is 0. The van der Waals surface area contributed by atoms with Crippen molar-refractivity contribution in [3.8, 4) is 0 Å². The van der Waals surface area contributed by atoms with Crippen LogP contribution in [0.4, 0.5) is 0 Å². The molecule has 2 nitrogen and oxygen atoms in total. The van der Waals surface area contributed by atoms with Crippen molar-refractivity contribution in [2.75, 3.05) is 0 Å². The molecule has 0 spiro atoms. The molecule has 0 aliphatic rings. The average molecular weight is 236 g/mol. The van der Waals surface area contributed by atoms with Gasteiger partial charge in [0.25, 0.3) is 0 Å². The van der Waals surface area contributed by atoms with Crippen LogP contribution in [0.5, 0.6) is 0 Å². The van der Waals surface area contributed by atoms with Gasteiger partial charge in [-0.25, -0.2) is 0 Å². The van der Waals surface area contributed by atoms with Gasteiger partial charge >= 0.3 is 65.8 Å². The summed E-state index contributed by atoms with van der Waals surface area (Å²) in [5, 5.41) is 0. The van der Waals surface area contributed by atoms with Crippen LogP contribution >= 0.6 is 0 Å². The smallest absolute Gasteiger partial charge is 2.00 e. The monoisotopic (exact) mass is 235 g/mol. The molecule has 0 saturated carbocycles. The molecule has 0 aromatic carbocycles. The standard InChI is InChI=1S/Ag.2O.2Ti/q+1;2*-2;2*+4. The van der Waals surface area contributed by atoms with Gasteiger partial charge in [0, 0.05) is 0 Å². The van der Waals surface area contributed by atoms with Gasteiger partial charge in [0.15, 0.2) is 0 Å². The molecule has 0 unspecified atom stereocenters. The van der Waals surface area contributed by atoms with Crippen LogP contribution in [0.15, 0.2) is 0 Å². The van der Waals surface area contributed by atoms with Crippen LogP contribution in [0.25, 0.3) is 0 Å². The van der Waals surface area contributed by atoms with Gasteiger partial charge in [-0.1, -0.05) is 0 Å². The second-order valence-corrected chi connectivity index (χ2v) is 0. The summed E-state index contributed by atoms with van der Waals surface area (Å²) in [6.07, 6.45) is 0. The van der Waals surface area contributed by atoms with Gasteiger partial charge < -0.3 is 11.0 Å². The van der Waals surface area contributed by atoms with Crippen molar-refractivity contribution in [3.63, 3.8) is 0 Å². The summed E-state index contributed by atoms with van der Waals surface area (Å²) in [6, 6.07) is 0. The van der Waals surface area contributed by atoms with E-state index in [0.29, 0.717) is 0 Å². The minimum Gasteiger partial charge on any atom is -2.00 e. The van der Waals surface area contributed by atoms with Crippen molar-refractivity contribution >= 4 is 0 Å². The molecule has 26 valence electrons. The van der Waals surface area contributed by atoms with Crippen molar-refractivity contribution in [2.24, 2.45) is 0 Å². The molecule has 0 amide bonds. The van der Waals surface area contributed by atoms with Gasteiger partial charge in [0.2, 0.25) is 0 Å². The topological polar surface area (TPSA) is 57.0 Å². The molecule has 0 heterocycles. The second-order valence-electron chi connectivity index (χ2n) is 0. The van der Waals surface area contributed by atoms with E-state index in [-0.39, 0.29) is 76.8 Å². The van der Waals surface area contributed by atoms with Crippen molar-refractivity contribution < 1.29 is 76.8 Å². The van der Waals surface area contributed by atoms with Crippen LogP contribution in [0.1, 0.15) is 0 Å². The van der Waals surface area contributed by atoms with Crippen LogP contribution in [0.2, 0.25) is 0 Å². The first kappa shape index (κ1) is 60.2. The summed E-state index contributed by atoms with van der Waals surface area (Å²) in [4.78, 5) is 0. The van der Waals surface area contributed by atoms with E-state index in [1.165, 1.54) is 0 Å². The molecular weight excluding hydrogens is 236 g/mol. The molecule has 0 saturated heterocycles. The summed E-state index contributed by atoms with van der Waals surface area (Å²) >= 11 is 0. The molecular formula is AgO2Ti2+5. The maximum atomic E-state index is 0. The zero-order valence-corrected chi connectivity index (χ0v) is 6.72. The Morgan fingerprint density at radius 3 is 0.600 bits per heavy atom. The van der Waals surface area contributed by atoms with E-state index < -0.39 is 0 Å². The first-order valence-electron chi connectivity index (χ1n) is 0. The fourth-order valence-corrected chi connectivity index (χ4v) is 0. The van der Waals surface area contributed by atoms with Gasteiger partial charge in [-0.15, -0.1) is 0 Å². The van der Waals surface area contributed by atoms with Gasteiger partial charge in [0.05, 0.1) is 0 Å². The summed E-state index contributed by atoms with van der Waals surface area (Å²) in [7, 11) is 0. The minimum atomic E-state index is 0. The zero-order valence-electron chi connectivity index (χ0n) is 2.12. The minimum absolute atomic E-state index is 0. The molecule has 0 rings (SSSR count). The maximum absolute atomic E-state index is 0. The van der Waals surface area contributed by atoms with Crippen molar-refractivity contribution in [1.82, 2.24) is 0 Å². The molecule has 0 aliphatic carbocycles. The summed E-state index contributed by atoms with van der Waals surface area (Å²) in [5.74, 6) is 0. The summed E-state index contributed by atoms with van der Waals surface area (Å²) in [5.41, 5.74) is 0. The second kappa shape index (κ2) is 36.1. The van der Waals surface area contributed by atoms with Gasteiger partial charge in [-0.05, 0) is 0 Å². The van der Waals surface area contributed by atoms with E-state index in [0.717, 1.165) is 0 Å². The fraction of sp³-hybridized carbons (Fsp3) is 0. The Morgan fingerprint density at radius 2 is 0.600 bits per heavy atom. The van der Waals surface area contributed by atoms with Gasteiger partial charge in [-0.3, -0.25) is 0 Å². The Morgan fingerprint density at radius 1 is 0.600 bits per heavy atom. The Balaban J connectivity index is 0. The van der Waals surface area contributed by atoms with Crippen LogP contribution in [-0.2, 0) is 76.8 Å². The van der Waals surface area contributed by atoms with Crippen LogP contribution in [0.3, 0.4) is 0 Å². The molecule has 0 radical (unpaired) electrons. The Hall–Kier alpha value is 2.09. The van der Waals surface area contributed by atoms with Gasteiger partial charge in [0.1, 0.15) is 0 Å². The molecule has 0 N–H and O–H groups in total. The first-order valence-corrected chi connectivity index (χ1v) is 0. The molecule has 0 aliphatic heterocycles. The molecule has 5 heavy (non-hydrogen) atoms. The van der Waals surface area contributed by atoms with E-state index in [2.05, 4.69) is 0 Å². The van der Waals surface area contributed by atoms with E-state index in [1.807, 2.05) is 0 Å². The SMILES string of the molecule is [Ag+].[O-2].[O-2].[Ti+4].[Ti+4]. The van der Waals surface area contributed by atoms with Crippen LogP contribution in [0, 0.1) is 0 Å². The molecule has 0 fully saturated rings. The Kier molecular flexibility index (Phi) is 435. The quantitative estimate of drug-likeness (QED) is 0.520. The maximum Gasteiger partial charge on any atom is 4.00 e. The van der Waals surface area contributed by atoms with Crippen molar-refractivity contribution in [3.05, 3.63) is 0 Å². The van der Waals surface area contributed by atoms with Crippen LogP contribution in [-0.4, -0.2) is 0 Å². The Labute approximate surface area is 76.0 Å². The number of rotatable bonds is 0. The number of hydrogen-bond donors (Lipinski definition) is 0. The third-order valence-corrected chi connectivity index (χ3v) is 0. The predicted octanol–water partition coefficient (Wildman–Crippen LogP) is -0.245. The third kappa shape index (κ3) is 23.3. The average Bonchev–Trinajstić information content (AvgIpc) is 0. The van der Waals surface area contributed by atoms with Gasteiger partial charge in [-0.2, -0.15) is 0 Å². The van der Waals surface area contributed by atoms with E-state index in [1.54, 1.807) is 0 Å². The Bertz CT molecular complexity index is 7.61. The fourth-order valence-electron chi connectivity index (χ4n) is 0. The molecule has 0 bridgehead atoms. The third-order valence-electron chi connectivity index (χ3n) is 0. The van der Waals surface area contributed by atoms with E-state index >= 15 is 0 Å².